The number of imidazole rings is 1. The van der Waals surface area contributed by atoms with Gasteiger partial charge in [0.25, 0.3) is 0 Å². The molecule has 0 unspecified atom stereocenters. The molecule has 0 N–H and O–H groups in total. The second-order valence-corrected chi connectivity index (χ2v) is 5.55. The first-order valence-corrected chi connectivity index (χ1v) is 6.65. The summed E-state index contributed by atoms with van der Waals surface area (Å²) >= 11 is 0. The third kappa shape index (κ3) is 3.00. The van der Waals surface area contributed by atoms with Gasteiger partial charge in [-0.1, -0.05) is 45.9 Å². The largest absolute Gasteiger partial charge is 0.333 e. The van der Waals surface area contributed by atoms with Crippen LogP contribution in [-0.4, -0.2) is 9.55 Å². The van der Waals surface area contributed by atoms with E-state index in [0.717, 1.165) is 6.54 Å². The van der Waals surface area contributed by atoms with Crippen molar-refractivity contribution >= 4 is 0 Å². The average molecular weight is 242 g/mol. The van der Waals surface area contributed by atoms with E-state index in [0.29, 0.717) is 11.8 Å². The number of rotatable bonds is 4. The van der Waals surface area contributed by atoms with Gasteiger partial charge in [0.1, 0.15) is 0 Å². The van der Waals surface area contributed by atoms with Gasteiger partial charge in [0, 0.05) is 18.9 Å². The number of nitrogens with zero attached hydrogens (tertiary/aromatic N) is 2. The van der Waals surface area contributed by atoms with Crippen LogP contribution in [-0.2, 0) is 6.54 Å². The van der Waals surface area contributed by atoms with Crippen molar-refractivity contribution < 1.29 is 0 Å². The maximum absolute atomic E-state index is 4.10. The Labute approximate surface area is 110 Å². The first kappa shape index (κ1) is 12.9. The van der Waals surface area contributed by atoms with Crippen LogP contribution in [0.2, 0.25) is 0 Å². The van der Waals surface area contributed by atoms with Crippen molar-refractivity contribution in [3.63, 3.8) is 0 Å². The predicted molar refractivity (Wildman–Crippen MR) is 75.9 cm³/mol. The second kappa shape index (κ2) is 5.38. The average Bonchev–Trinajstić information content (AvgIpc) is 2.81. The topological polar surface area (TPSA) is 17.8 Å². The molecule has 0 saturated carbocycles. The van der Waals surface area contributed by atoms with E-state index in [1.165, 1.54) is 16.7 Å². The van der Waals surface area contributed by atoms with Crippen molar-refractivity contribution in [2.24, 2.45) is 0 Å². The van der Waals surface area contributed by atoms with E-state index in [-0.39, 0.29) is 0 Å². The molecule has 0 atom stereocenters. The molecule has 0 aliphatic carbocycles. The molecule has 0 aliphatic rings. The molecule has 0 radical (unpaired) electrons. The summed E-state index contributed by atoms with van der Waals surface area (Å²) in [4.78, 5) is 4.10. The molecular weight excluding hydrogens is 220 g/mol. The molecule has 2 rings (SSSR count). The van der Waals surface area contributed by atoms with Gasteiger partial charge in [0.15, 0.2) is 0 Å². The molecule has 0 fully saturated rings. The van der Waals surface area contributed by atoms with E-state index >= 15 is 0 Å². The van der Waals surface area contributed by atoms with Crippen molar-refractivity contribution in [1.82, 2.24) is 9.55 Å². The number of benzene rings is 1. The summed E-state index contributed by atoms with van der Waals surface area (Å²) in [7, 11) is 0. The highest BCUT2D eigenvalue weighted by Gasteiger charge is 2.07. The molecule has 0 spiro atoms. The van der Waals surface area contributed by atoms with E-state index < -0.39 is 0 Å². The van der Waals surface area contributed by atoms with Crippen LogP contribution < -0.4 is 0 Å². The van der Waals surface area contributed by atoms with Crippen LogP contribution in [0, 0.1) is 0 Å². The molecule has 2 aromatic rings. The SMILES string of the molecule is CC(C)c1cc(Cn2ccnc2)cc(C(C)C)c1. The molecule has 2 heteroatoms. The van der Waals surface area contributed by atoms with E-state index in [1.54, 1.807) is 0 Å². The molecule has 0 amide bonds. The summed E-state index contributed by atoms with van der Waals surface area (Å²) in [5.74, 6) is 1.15. The third-order valence-electron chi connectivity index (χ3n) is 3.30. The van der Waals surface area contributed by atoms with Crippen molar-refractivity contribution in [3.8, 4) is 0 Å². The summed E-state index contributed by atoms with van der Waals surface area (Å²) < 4.78 is 2.11. The van der Waals surface area contributed by atoms with Gasteiger partial charge in [-0.3, -0.25) is 0 Å². The maximum Gasteiger partial charge on any atom is 0.0949 e. The van der Waals surface area contributed by atoms with Crippen LogP contribution in [0.5, 0.6) is 0 Å². The Kier molecular flexibility index (Phi) is 3.85. The molecule has 1 heterocycles. The Balaban J connectivity index is 2.34. The van der Waals surface area contributed by atoms with Crippen LogP contribution in [0.3, 0.4) is 0 Å². The first-order chi connectivity index (χ1) is 8.56. The van der Waals surface area contributed by atoms with E-state index in [4.69, 9.17) is 0 Å². The highest BCUT2D eigenvalue weighted by Crippen LogP contribution is 2.23. The fourth-order valence-corrected chi connectivity index (χ4v) is 2.09. The van der Waals surface area contributed by atoms with Crippen molar-refractivity contribution in [2.45, 2.75) is 46.1 Å². The van der Waals surface area contributed by atoms with E-state index in [1.807, 2.05) is 18.7 Å². The van der Waals surface area contributed by atoms with Crippen LogP contribution in [0.4, 0.5) is 0 Å². The normalized spacial score (nSPS) is 11.4. The minimum Gasteiger partial charge on any atom is -0.333 e. The third-order valence-corrected chi connectivity index (χ3v) is 3.30. The zero-order chi connectivity index (χ0) is 13.1. The summed E-state index contributed by atoms with van der Waals surface area (Å²) in [5, 5.41) is 0. The molecule has 1 aromatic heterocycles. The fraction of sp³-hybridized carbons (Fsp3) is 0.438. The van der Waals surface area contributed by atoms with Gasteiger partial charge in [0.05, 0.1) is 6.33 Å². The fourth-order valence-electron chi connectivity index (χ4n) is 2.09. The molecule has 0 saturated heterocycles. The monoisotopic (exact) mass is 242 g/mol. The lowest BCUT2D eigenvalue weighted by Crippen LogP contribution is -2.01. The van der Waals surface area contributed by atoms with Crippen LogP contribution >= 0.6 is 0 Å². The Hall–Kier alpha value is -1.57. The zero-order valence-corrected chi connectivity index (χ0v) is 11.7. The smallest absolute Gasteiger partial charge is 0.0949 e. The van der Waals surface area contributed by atoms with Crippen molar-refractivity contribution in [2.75, 3.05) is 0 Å². The lowest BCUT2D eigenvalue weighted by Gasteiger charge is -2.14. The summed E-state index contributed by atoms with van der Waals surface area (Å²) in [6, 6.07) is 6.97. The number of aromatic nitrogens is 2. The summed E-state index contributed by atoms with van der Waals surface area (Å²) in [6.07, 6.45) is 5.71. The van der Waals surface area contributed by atoms with E-state index in [9.17, 15) is 0 Å². The minimum atomic E-state index is 0.574. The Morgan fingerprint density at radius 3 is 2.06 bits per heavy atom. The molecule has 0 bridgehead atoms. The predicted octanol–water partition coefficient (Wildman–Crippen LogP) is 4.18. The molecular formula is C16H22N2. The first-order valence-electron chi connectivity index (χ1n) is 6.65. The molecule has 96 valence electrons. The van der Waals surface area contributed by atoms with Gasteiger partial charge in [-0.25, -0.2) is 4.98 Å². The maximum atomic E-state index is 4.10. The molecule has 2 nitrogen and oxygen atoms in total. The van der Waals surface area contributed by atoms with Crippen LogP contribution in [0.25, 0.3) is 0 Å². The van der Waals surface area contributed by atoms with Gasteiger partial charge in [-0.15, -0.1) is 0 Å². The number of hydrogen-bond donors (Lipinski definition) is 0. The minimum absolute atomic E-state index is 0.574. The molecule has 1 aromatic carbocycles. The van der Waals surface area contributed by atoms with Gasteiger partial charge >= 0.3 is 0 Å². The summed E-state index contributed by atoms with van der Waals surface area (Å²) in [6.45, 7) is 9.90. The molecule has 18 heavy (non-hydrogen) atoms. The van der Waals surface area contributed by atoms with Crippen LogP contribution in [0.15, 0.2) is 36.9 Å². The standard InChI is InChI=1S/C16H22N2/c1-12(2)15-7-14(8-16(9-15)13(3)4)10-18-6-5-17-11-18/h5-9,11-13H,10H2,1-4H3. The summed E-state index contributed by atoms with van der Waals surface area (Å²) in [5.41, 5.74) is 4.22. The van der Waals surface area contributed by atoms with Gasteiger partial charge in [-0.05, 0) is 28.5 Å². The van der Waals surface area contributed by atoms with E-state index in [2.05, 4.69) is 55.4 Å². The van der Waals surface area contributed by atoms with Gasteiger partial charge in [-0.2, -0.15) is 0 Å². The number of hydrogen-bond acceptors (Lipinski definition) is 1. The van der Waals surface area contributed by atoms with Crippen molar-refractivity contribution in [1.29, 1.82) is 0 Å². The van der Waals surface area contributed by atoms with Gasteiger partial charge < -0.3 is 4.57 Å². The quantitative estimate of drug-likeness (QED) is 0.786. The van der Waals surface area contributed by atoms with Crippen molar-refractivity contribution in [3.05, 3.63) is 53.6 Å². The lowest BCUT2D eigenvalue weighted by atomic mass is 9.93. The lowest BCUT2D eigenvalue weighted by molar-refractivity contribution is 0.778. The zero-order valence-electron chi connectivity index (χ0n) is 11.7. The highest BCUT2D eigenvalue weighted by atomic mass is 15.0. The second-order valence-electron chi connectivity index (χ2n) is 5.55. The highest BCUT2D eigenvalue weighted by molar-refractivity contribution is 5.33. The molecule has 0 aliphatic heterocycles. The Morgan fingerprint density at radius 2 is 1.61 bits per heavy atom. The van der Waals surface area contributed by atoms with Crippen LogP contribution in [0.1, 0.15) is 56.2 Å². The Bertz CT molecular complexity index is 470. The Morgan fingerprint density at radius 1 is 1.00 bits per heavy atom. The van der Waals surface area contributed by atoms with Gasteiger partial charge in [0.2, 0.25) is 0 Å².